The molecule has 0 radical (unpaired) electrons. The first-order valence-electron chi connectivity index (χ1n) is 5.39. The molecule has 2 nitrogen and oxygen atoms in total. The van der Waals surface area contributed by atoms with E-state index in [-0.39, 0.29) is 11.7 Å². The first-order valence-corrected chi connectivity index (χ1v) is 5.77. The smallest absolute Gasteiger partial charge is 0.123 e. The molecule has 0 bridgehead atoms. The van der Waals surface area contributed by atoms with E-state index in [1.54, 1.807) is 0 Å². The van der Waals surface area contributed by atoms with E-state index >= 15 is 0 Å². The molecule has 1 N–H and O–H groups in total. The highest BCUT2D eigenvalue weighted by molar-refractivity contribution is 6.31. The Morgan fingerprint density at radius 1 is 1.38 bits per heavy atom. The minimum absolute atomic E-state index is 0.105. The summed E-state index contributed by atoms with van der Waals surface area (Å²) in [7, 11) is 0. The summed E-state index contributed by atoms with van der Waals surface area (Å²) < 4.78 is 18.3. The van der Waals surface area contributed by atoms with Gasteiger partial charge in [-0.05, 0) is 37.0 Å². The Bertz CT molecular complexity index is 364. The van der Waals surface area contributed by atoms with Crippen molar-refractivity contribution in [1.82, 2.24) is 0 Å². The van der Waals surface area contributed by atoms with Gasteiger partial charge in [-0.25, -0.2) is 4.39 Å². The molecule has 2 rings (SSSR count). The summed E-state index contributed by atoms with van der Waals surface area (Å²) in [6.07, 6.45) is 0.870. The predicted molar refractivity (Wildman–Crippen MR) is 59.9 cm³/mol. The summed E-state index contributed by atoms with van der Waals surface area (Å²) in [6.45, 7) is 1.29. The van der Waals surface area contributed by atoms with Crippen LogP contribution in [0.4, 0.5) is 4.39 Å². The lowest BCUT2D eigenvalue weighted by Gasteiger charge is -2.27. The maximum Gasteiger partial charge on any atom is 0.123 e. The van der Waals surface area contributed by atoms with E-state index < -0.39 is 6.10 Å². The zero-order chi connectivity index (χ0) is 11.5. The monoisotopic (exact) mass is 244 g/mol. The molecule has 1 saturated heterocycles. The van der Waals surface area contributed by atoms with Gasteiger partial charge < -0.3 is 9.84 Å². The van der Waals surface area contributed by atoms with E-state index in [1.165, 1.54) is 18.2 Å². The molecule has 1 aliphatic heterocycles. The molecular weight excluding hydrogens is 231 g/mol. The number of aliphatic hydroxyl groups excluding tert-OH is 1. The molecule has 0 aromatic heterocycles. The number of benzene rings is 1. The highest BCUT2D eigenvalue weighted by Crippen LogP contribution is 2.33. The average molecular weight is 245 g/mol. The fraction of sp³-hybridized carbons (Fsp3) is 0.500. The molecule has 0 saturated carbocycles. The quantitative estimate of drug-likeness (QED) is 0.867. The third kappa shape index (κ3) is 2.54. The molecule has 1 aliphatic rings. The van der Waals surface area contributed by atoms with Crippen LogP contribution >= 0.6 is 11.6 Å². The van der Waals surface area contributed by atoms with E-state index in [0.717, 1.165) is 12.8 Å². The molecule has 0 aliphatic carbocycles. The van der Waals surface area contributed by atoms with Crippen LogP contribution in [0, 0.1) is 11.7 Å². The van der Waals surface area contributed by atoms with Crippen LogP contribution in [-0.2, 0) is 4.74 Å². The molecular formula is C12H14ClFO2. The van der Waals surface area contributed by atoms with Crippen molar-refractivity contribution >= 4 is 11.6 Å². The highest BCUT2D eigenvalue weighted by atomic mass is 35.5. The molecule has 1 heterocycles. The zero-order valence-electron chi connectivity index (χ0n) is 8.83. The molecule has 4 heteroatoms. The van der Waals surface area contributed by atoms with E-state index in [1.807, 2.05) is 0 Å². The Labute approximate surface area is 99.0 Å². The van der Waals surface area contributed by atoms with Gasteiger partial charge in [-0.15, -0.1) is 0 Å². The van der Waals surface area contributed by atoms with Crippen LogP contribution in [0.1, 0.15) is 24.5 Å². The number of halogens is 2. The molecule has 1 fully saturated rings. The standard InChI is InChI=1S/C12H14ClFO2/c13-11-2-1-9(14)7-10(11)12(15)8-3-5-16-6-4-8/h1-2,7-8,12,15H,3-6H2. The van der Waals surface area contributed by atoms with E-state index in [4.69, 9.17) is 16.3 Å². The molecule has 16 heavy (non-hydrogen) atoms. The largest absolute Gasteiger partial charge is 0.388 e. The Morgan fingerprint density at radius 3 is 2.75 bits per heavy atom. The average Bonchev–Trinajstić information content (AvgIpc) is 2.32. The van der Waals surface area contributed by atoms with E-state index in [0.29, 0.717) is 23.8 Å². The SMILES string of the molecule is OC(c1cc(F)ccc1Cl)C1CCOCC1. The summed E-state index contributed by atoms with van der Waals surface area (Å²) in [5.41, 5.74) is 0.480. The zero-order valence-corrected chi connectivity index (χ0v) is 9.58. The van der Waals surface area contributed by atoms with Gasteiger partial charge in [-0.2, -0.15) is 0 Å². The topological polar surface area (TPSA) is 29.5 Å². The maximum atomic E-state index is 13.1. The third-order valence-electron chi connectivity index (χ3n) is 2.99. The summed E-state index contributed by atoms with van der Waals surface area (Å²) in [4.78, 5) is 0. The van der Waals surface area contributed by atoms with Crippen LogP contribution in [0.25, 0.3) is 0 Å². The first-order chi connectivity index (χ1) is 7.68. The lowest BCUT2D eigenvalue weighted by atomic mass is 9.89. The fourth-order valence-corrected chi connectivity index (χ4v) is 2.26. The van der Waals surface area contributed by atoms with E-state index in [2.05, 4.69) is 0 Å². The third-order valence-corrected chi connectivity index (χ3v) is 3.33. The fourth-order valence-electron chi connectivity index (χ4n) is 2.03. The second-order valence-corrected chi connectivity index (χ2v) is 4.47. The molecule has 88 valence electrons. The van der Waals surface area contributed by atoms with Crippen LogP contribution in [-0.4, -0.2) is 18.3 Å². The lowest BCUT2D eigenvalue weighted by molar-refractivity contribution is 0.00712. The number of ether oxygens (including phenoxy) is 1. The molecule has 0 spiro atoms. The minimum atomic E-state index is -0.702. The van der Waals surface area contributed by atoms with Crippen molar-refractivity contribution in [2.24, 2.45) is 5.92 Å². The molecule has 1 unspecified atom stereocenters. The number of hydrogen-bond donors (Lipinski definition) is 1. The van der Waals surface area contributed by atoms with Gasteiger partial charge >= 0.3 is 0 Å². The van der Waals surface area contributed by atoms with Crippen LogP contribution in [0.3, 0.4) is 0 Å². The Hall–Kier alpha value is -0.640. The Morgan fingerprint density at radius 2 is 2.06 bits per heavy atom. The summed E-state index contributed by atoms with van der Waals surface area (Å²) >= 11 is 5.95. The van der Waals surface area contributed by atoms with Crippen LogP contribution in [0.15, 0.2) is 18.2 Å². The minimum Gasteiger partial charge on any atom is -0.388 e. The van der Waals surface area contributed by atoms with Crippen LogP contribution in [0.5, 0.6) is 0 Å². The van der Waals surface area contributed by atoms with Crippen molar-refractivity contribution in [1.29, 1.82) is 0 Å². The van der Waals surface area contributed by atoms with Gasteiger partial charge in [-0.3, -0.25) is 0 Å². The second kappa shape index (κ2) is 5.13. The van der Waals surface area contributed by atoms with Crippen molar-refractivity contribution in [3.63, 3.8) is 0 Å². The Balaban J connectivity index is 2.18. The molecule has 0 amide bonds. The van der Waals surface area contributed by atoms with Gasteiger partial charge in [0.05, 0.1) is 6.10 Å². The van der Waals surface area contributed by atoms with Crippen LogP contribution in [0.2, 0.25) is 5.02 Å². The highest BCUT2D eigenvalue weighted by Gasteiger charge is 2.25. The van der Waals surface area contributed by atoms with Crippen LogP contribution < -0.4 is 0 Å². The number of rotatable bonds is 2. The lowest BCUT2D eigenvalue weighted by Crippen LogP contribution is -2.22. The van der Waals surface area contributed by atoms with Crippen molar-refractivity contribution in [2.45, 2.75) is 18.9 Å². The number of aliphatic hydroxyl groups is 1. The second-order valence-electron chi connectivity index (χ2n) is 4.06. The molecule has 1 atom stereocenters. The predicted octanol–water partition coefficient (Wildman–Crippen LogP) is 2.94. The maximum absolute atomic E-state index is 13.1. The molecule has 1 aromatic carbocycles. The normalized spacial score (nSPS) is 19.7. The van der Waals surface area contributed by atoms with Gasteiger partial charge in [0, 0.05) is 23.8 Å². The van der Waals surface area contributed by atoms with Crippen molar-refractivity contribution in [3.05, 3.63) is 34.6 Å². The Kier molecular flexibility index (Phi) is 3.79. The summed E-state index contributed by atoms with van der Waals surface area (Å²) in [6, 6.07) is 4.08. The van der Waals surface area contributed by atoms with E-state index in [9.17, 15) is 9.50 Å². The first kappa shape index (κ1) is 11.8. The van der Waals surface area contributed by atoms with Crippen molar-refractivity contribution in [3.8, 4) is 0 Å². The molecule has 1 aromatic rings. The van der Waals surface area contributed by atoms with Crippen molar-refractivity contribution in [2.75, 3.05) is 13.2 Å². The summed E-state index contributed by atoms with van der Waals surface area (Å²) in [5, 5.41) is 10.6. The van der Waals surface area contributed by atoms with Gasteiger partial charge in [0.2, 0.25) is 0 Å². The van der Waals surface area contributed by atoms with Gasteiger partial charge in [-0.1, -0.05) is 11.6 Å². The van der Waals surface area contributed by atoms with Crippen molar-refractivity contribution < 1.29 is 14.2 Å². The number of hydrogen-bond acceptors (Lipinski definition) is 2. The van der Waals surface area contributed by atoms with Gasteiger partial charge in [0.15, 0.2) is 0 Å². The summed E-state index contributed by atoms with van der Waals surface area (Å²) in [5.74, 6) is -0.265. The van der Waals surface area contributed by atoms with Gasteiger partial charge in [0.1, 0.15) is 5.82 Å². The van der Waals surface area contributed by atoms with Gasteiger partial charge in [0.25, 0.3) is 0 Å².